The van der Waals surface area contributed by atoms with E-state index in [-0.39, 0.29) is 0 Å². The molecule has 0 bridgehead atoms. The van der Waals surface area contributed by atoms with Crippen LogP contribution in [0.2, 0.25) is 0 Å². The maximum Gasteiger partial charge on any atom is 0.150 e. The molecule has 0 atom stereocenters. The molecule has 0 N–H and O–H groups in total. The fourth-order valence-corrected chi connectivity index (χ4v) is 1.50. The Morgan fingerprint density at radius 1 is 1.44 bits per heavy atom. The highest BCUT2D eigenvalue weighted by Gasteiger charge is 2.03. The summed E-state index contributed by atoms with van der Waals surface area (Å²) in [4.78, 5) is 12.8. The molecule has 0 aliphatic carbocycles. The van der Waals surface area contributed by atoms with E-state index in [1.54, 1.807) is 0 Å². The zero-order valence-corrected chi connectivity index (χ0v) is 10.2. The van der Waals surface area contributed by atoms with Gasteiger partial charge >= 0.3 is 0 Å². The van der Waals surface area contributed by atoms with Crippen LogP contribution < -0.4 is 4.90 Å². The molecule has 88 valence electrons. The normalized spacial score (nSPS) is 10.2. The molecule has 0 saturated carbocycles. The predicted molar refractivity (Wildman–Crippen MR) is 66.3 cm³/mol. The van der Waals surface area contributed by atoms with E-state index >= 15 is 0 Å². The van der Waals surface area contributed by atoms with Gasteiger partial charge in [-0.25, -0.2) is 0 Å². The van der Waals surface area contributed by atoms with Gasteiger partial charge in [0.2, 0.25) is 0 Å². The number of carbonyl (C=O) groups is 1. The molecule has 0 radical (unpaired) electrons. The molecule has 1 aromatic carbocycles. The molecule has 0 heterocycles. The lowest BCUT2D eigenvalue weighted by atomic mass is 10.1. The zero-order valence-electron chi connectivity index (χ0n) is 10.2. The first-order valence-electron chi connectivity index (χ1n) is 5.53. The highest BCUT2D eigenvalue weighted by molar-refractivity contribution is 5.78. The van der Waals surface area contributed by atoms with E-state index in [0.717, 1.165) is 42.9 Å². The van der Waals surface area contributed by atoms with Crippen molar-refractivity contribution in [2.45, 2.75) is 13.8 Å². The van der Waals surface area contributed by atoms with Crippen molar-refractivity contribution in [3.8, 4) is 0 Å². The molecule has 1 aromatic rings. The Morgan fingerprint density at radius 3 is 2.75 bits per heavy atom. The summed E-state index contributed by atoms with van der Waals surface area (Å²) < 4.78 is 5.30. The average molecular weight is 221 g/mol. The summed E-state index contributed by atoms with van der Waals surface area (Å²) >= 11 is 0. The number of aldehydes is 1. The van der Waals surface area contributed by atoms with Crippen LogP contribution >= 0.6 is 0 Å². The van der Waals surface area contributed by atoms with Crippen LogP contribution in [-0.2, 0) is 4.74 Å². The van der Waals surface area contributed by atoms with Crippen LogP contribution in [0, 0.1) is 6.92 Å². The van der Waals surface area contributed by atoms with Gasteiger partial charge in [0.15, 0.2) is 0 Å². The summed E-state index contributed by atoms with van der Waals surface area (Å²) in [6.45, 7) is 6.26. The second kappa shape index (κ2) is 6.28. The highest BCUT2D eigenvalue weighted by Crippen LogP contribution is 2.16. The third kappa shape index (κ3) is 3.35. The topological polar surface area (TPSA) is 29.5 Å². The van der Waals surface area contributed by atoms with E-state index in [9.17, 15) is 4.79 Å². The average Bonchev–Trinajstić information content (AvgIpc) is 2.29. The molecule has 0 aliphatic rings. The quantitative estimate of drug-likeness (QED) is 0.545. The van der Waals surface area contributed by atoms with Crippen LogP contribution in [0.3, 0.4) is 0 Å². The Labute approximate surface area is 97.0 Å². The Balaban J connectivity index is 2.65. The van der Waals surface area contributed by atoms with Gasteiger partial charge in [-0.15, -0.1) is 0 Å². The second-order valence-electron chi connectivity index (χ2n) is 3.78. The van der Waals surface area contributed by atoms with E-state index < -0.39 is 0 Å². The summed E-state index contributed by atoms with van der Waals surface area (Å²) in [5, 5.41) is 0. The predicted octanol–water partition coefficient (Wildman–Crippen LogP) is 2.28. The summed E-state index contributed by atoms with van der Waals surface area (Å²) in [5.41, 5.74) is 2.88. The van der Waals surface area contributed by atoms with Crippen molar-refractivity contribution >= 4 is 12.0 Å². The minimum absolute atomic E-state index is 0.724. The number of nitrogens with zero attached hydrogens (tertiary/aromatic N) is 1. The molecule has 0 spiro atoms. The number of ether oxygens (including phenoxy) is 1. The maximum absolute atomic E-state index is 10.7. The number of likely N-dealkylation sites (N-methyl/N-ethyl adjacent to an activating group) is 1. The number of benzene rings is 1. The Morgan fingerprint density at radius 2 is 2.19 bits per heavy atom. The molecule has 0 aromatic heterocycles. The molecule has 0 saturated heterocycles. The van der Waals surface area contributed by atoms with E-state index in [0.29, 0.717) is 0 Å². The van der Waals surface area contributed by atoms with Gasteiger partial charge in [0.1, 0.15) is 6.29 Å². The van der Waals surface area contributed by atoms with Crippen LogP contribution in [0.4, 0.5) is 5.69 Å². The Kier molecular flexibility index (Phi) is 4.99. The molecular formula is C13H19NO2. The van der Waals surface area contributed by atoms with E-state index in [2.05, 4.69) is 4.90 Å². The second-order valence-corrected chi connectivity index (χ2v) is 3.78. The van der Waals surface area contributed by atoms with E-state index in [1.807, 2.05) is 39.1 Å². The maximum atomic E-state index is 10.7. The SMILES string of the molecule is CCOCCN(C)c1ccc(C=O)c(C)c1. The van der Waals surface area contributed by atoms with Gasteiger partial charge in [0.25, 0.3) is 0 Å². The summed E-state index contributed by atoms with van der Waals surface area (Å²) in [7, 11) is 2.02. The zero-order chi connectivity index (χ0) is 12.0. The molecule has 0 aliphatic heterocycles. The lowest BCUT2D eigenvalue weighted by Gasteiger charge is -2.19. The minimum atomic E-state index is 0.724. The van der Waals surface area contributed by atoms with Crippen molar-refractivity contribution in [1.82, 2.24) is 0 Å². The number of carbonyl (C=O) groups excluding carboxylic acids is 1. The number of rotatable bonds is 6. The Bertz CT molecular complexity index is 350. The minimum Gasteiger partial charge on any atom is -0.380 e. The van der Waals surface area contributed by atoms with Crippen molar-refractivity contribution in [2.75, 3.05) is 31.7 Å². The standard InChI is InChI=1S/C13H19NO2/c1-4-16-8-7-14(3)13-6-5-12(10-15)11(2)9-13/h5-6,9-10H,4,7-8H2,1-3H3. The third-order valence-electron chi connectivity index (χ3n) is 2.60. The van der Waals surface area contributed by atoms with Crippen LogP contribution in [0.5, 0.6) is 0 Å². The van der Waals surface area contributed by atoms with Crippen molar-refractivity contribution in [3.05, 3.63) is 29.3 Å². The van der Waals surface area contributed by atoms with Gasteiger partial charge in [-0.05, 0) is 37.6 Å². The molecule has 0 fully saturated rings. The first-order valence-corrected chi connectivity index (χ1v) is 5.53. The summed E-state index contributed by atoms with van der Waals surface area (Å²) in [6.07, 6.45) is 0.888. The van der Waals surface area contributed by atoms with Gasteiger partial charge in [0, 0.05) is 31.5 Å². The molecular weight excluding hydrogens is 202 g/mol. The van der Waals surface area contributed by atoms with Crippen LogP contribution in [0.15, 0.2) is 18.2 Å². The van der Waals surface area contributed by atoms with Gasteiger partial charge in [0.05, 0.1) is 6.61 Å². The van der Waals surface area contributed by atoms with E-state index in [4.69, 9.17) is 4.74 Å². The van der Waals surface area contributed by atoms with Gasteiger partial charge < -0.3 is 9.64 Å². The molecule has 16 heavy (non-hydrogen) atoms. The smallest absolute Gasteiger partial charge is 0.150 e. The van der Waals surface area contributed by atoms with Gasteiger partial charge in [-0.1, -0.05) is 0 Å². The molecule has 3 nitrogen and oxygen atoms in total. The van der Waals surface area contributed by atoms with Crippen molar-refractivity contribution in [2.24, 2.45) is 0 Å². The van der Waals surface area contributed by atoms with E-state index in [1.165, 1.54) is 0 Å². The van der Waals surface area contributed by atoms with Gasteiger partial charge in [-0.3, -0.25) is 4.79 Å². The summed E-state index contributed by atoms with van der Waals surface area (Å²) in [6, 6.07) is 5.84. The molecule has 3 heteroatoms. The van der Waals surface area contributed by atoms with Crippen LogP contribution in [0.25, 0.3) is 0 Å². The number of aryl methyl sites for hydroxylation is 1. The molecule has 0 unspecified atom stereocenters. The molecule has 0 amide bonds. The summed E-state index contributed by atoms with van der Waals surface area (Å²) in [5.74, 6) is 0. The lowest BCUT2D eigenvalue weighted by Crippen LogP contribution is -2.22. The van der Waals surface area contributed by atoms with Crippen molar-refractivity contribution in [1.29, 1.82) is 0 Å². The first-order chi connectivity index (χ1) is 7.69. The highest BCUT2D eigenvalue weighted by atomic mass is 16.5. The fraction of sp³-hybridized carbons (Fsp3) is 0.462. The Hall–Kier alpha value is -1.35. The third-order valence-corrected chi connectivity index (χ3v) is 2.60. The van der Waals surface area contributed by atoms with Crippen LogP contribution in [-0.4, -0.2) is 33.1 Å². The van der Waals surface area contributed by atoms with Crippen molar-refractivity contribution < 1.29 is 9.53 Å². The largest absolute Gasteiger partial charge is 0.380 e. The fourth-order valence-electron chi connectivity index (χ4n) is 1.50. The first kappa shape index (κ1) is 12.7. The number of anilines is 1. The number of hydrogen-bond donors (Lipinski definition) is 0. The van der Waals surface area contributed by atoms with Gasteiger partial charge in [-0.2, -0.15) is 0 Å². The van der Waals surface area contributed by atoms with Crippen molar-refractivity contribution in [3.63, 3.8) is 0 Å². The molecule has 1 rings (SSSR count). The monoisotopic (exact) mass is 221 g/mol. The van der Waals surface area contributed by atoms with Crippen LogP contribution in [0.1, 0.15) is 22.8 Å². The lowest BCUT2D eigenvalue weighted by molar-refractivity contribution is 0.112. The number of hydrogen-bond acceptors (Lipinski definition) is 3.